The normalized spacial score (nSPS) is 25.3. The van der Waals surface area contributed by atoms with E-state index in [1.165, 1.54) is 17.2 Å². The quantitative estimate of drug-likeness (QED) is 0.252. The SMILES string of the molecule is CN(C)c1cc(Cn2ccc(C(N)=O)c2)c(O)c2c1C[C@H]1C[C@H]3[C@H](N(C)C)C(=O)C(C(N)=O)=C(O)[C@@]3(O)C(=O)C1=C2O. The van der Waals surface area contributed by atoms with Gasteiger partial charge >= 0.3 is 0 Å². The van der Waals surface area contributed by atoms with Gasteiger partial charge in [-0.3, -0.25) is 24.1 Å². The molecule has 42 heavy (non-hydrogen) atoms. The summed E-state index contributed by atoms with van der Waals surface area (Å²) in [6.07, 6.45) is 3.30. The molecule has 13 heteroatoms. The highest BCUT2D eigenvalue weighted by Crippen LogP contribution is 2.54. The van der Waals surface area contributed by atoms with Crippen molar-refractivity contribution in [1.82, 2.24) is 9.47 Å². The molecule has 0 bridgehead atoms. The summed E-state index contributed by atoms with van der Waals surface area (Å²) in [7, 11) is 6.67. The zero-order chi connectivity index (χ0) is 31.0. The van der Waals surface area contributed by atoms with Crippen LogP contribution in [0.15, 0.2) is 41.4 Å². The van der Waals surface area contributed by atoms with E-state index in [4.69, 9.17) is 11.5 Å². The Bertz CT molecular complexity index is 1630. The molecule has 3 aliphatic rings. The van der Waals surface area contributed by atoms with Gasteiger partial charge in [-0.05, 0) is 50.6 Å². The lowest BCUT2D eigenvalue weighted by atomic mass is 9.57. The second-order valence-electron chi connectivity index (χ2n) is 11.5. The number of hydrogen-bond acceptors (Lipinski definition) is 10. The monoisotopic (exact) mass is 579 g/mol. The Morgan fingerprint density at radius 3 is 2.31 bits per heavy atom. The molecular weight excluding hydrogens is 546 g/mol. The summed E-state index contributed by atoms with van der Waals surface area (Å²) in [5.41, 5.74) is 8.77. The molecular formula is C29H33N5O8. The van der Waals surface area contributed by atoms with E-state index in [1.807, 2.05) is 0 Å². The number of likely N-dealkylation sites (N-methyl/N-ethyl adjacent to an activating group) is 1. The van der Waals surface area contributed by atoms with Crippen LogP contribution in [0.1, 0.15) is 33.5 Å². The molecule has 5 rings (SSSR count). The number of carbonyl (C=O) groups excluding carboxylic acids is 4. The van der Waals surface area contributed by atoms with Crippen LogP contribution in [0.25, 0.3) is 5.76 Å². The van der Waals surface area contributed by atoms with Gasteiger partial charge < -0.3 is 41.4 Å². The Labute approximate surface area is 240 Å². The molecule has 8 N–H and O–H groups in total. The summed E-state index contributed by atoms with van der Waals surface area (Å²) in [4.78, 5) is 54.3. The van der Waals surface area contributed by atoms with Crippen molar-refractivity contribution in [3.63, 3.8) is 0 Å². The fourth-order valence-corrected chi connectivity index (χ4v) is 6.75. The van der Waals surface area contributed by atoms with Gasteiger partial charge in [-0.1, -0.05) is 0 Å². The van der Waals surface area contributed by atoms with E-state index in [9.17, 15) is 39.6 Å². The van der Waals surface area contributed by atoms with Gasteiger partial charge in [-0.15, -0.1) is 0 Å². The van der Waals surface area contributed by atoms with Crippen molar-refractivity contribution in [3.05, 3.63) is 63.7 Å². The Morgan fingerprint density at radius 1 is 1.10 bits per heavy atom. The first kappa shape index (κ1) is 28.9. The number of fused-ring (bicyclic) bond motifs is 3. The number of nitrogens with two attached hydrogens (primary N) is 2. The molecule has 0 saturated heterocycles. The number of nitrogens with zero attached hydrogens (tertiary/aromatic N) is 3. The lowest BCUT2D eigenvalue weighted by Crippen LogP contribution is -2.65. The first-order valence-corrected chi connectivity index (χ1v) is 13.3. The van der Waals surface area contributed by atoms with Crippen molar-refractivity contribution in [1.29, 1.82) is 0 Å². The third-order valence-electron chi connectivity index (χ3n) is 8.65. The van der Waals surface area contributed by atoms with Crippen molar-refractivity contribution in [3.8, 4) is 5.75 Å². The first-order valence-electron chi connectivity index (χ1n) is 13.3. The highest BCUT2D eigenvalue weighted by molar-refractivity contribution is 6.24. The Balaban J connectivity index is 1.70. The van der Waals surface area contributed by atoms with E-state index >= 15 is 0 Å². The third kappa shape index (κ3) is 3.99. The Kier molecular flexibility index (Phi) is 6.70. The number of phenols is 1. The molecule has 1 fully saturated rings. The van der Waals surface area contributed by atoms with Crippen LogP contribution in [-0.2, 0) is 27.3 Å². The molecule has 1 saturated carbocycles. The fourth-order valence-electron chi connectivity index (χ4n) is 6.75. The number of ketones is 2. The minimum Gasteiger partial charge on any atom is -0.508 e. The molecule has 1 aromatic heterocycles. The van der Waals surface area contributed by atoms with E-state index in [-0.39, 0.29) is 41.8 Å². The molecule has 1 heterocycles. The summed E-state index contributed by atoms with van der Waals surface area (Å²) in [6.45, 7) is 0.0946. The summed E-state index contributed by atoms with van der Waals surface area (Å²) >= 11 is 0. The van der Waals surface area contributed by atoms with Crippen LogP contribution in [0, 0.1) is 11.8 Å². The zero-order valence-electron chi connectivity index (χ0n) is 23.6. The van der Waals surface area contributed by atoms with Crippen molar-refractivity contribution < 1.29 is 39.6 Å². The number of Topliss-reactive ketones (excluding diaryl/α,β-unsaturated/α-hetero) is 2. The summed E-state index contributed by atoms with van der Waals surface area (Å²) < 4.78 is 1.63. The number of aromatic nitrogens is 1. The van der Waals surface area contributed by atoms with Crippen LogP contribution < -0.4 is 16.4 Å². The van der Waals surface area contributed by atoms with Crippen molar-refractivity contribution >= 4 is 34.8 Å². The fraction of sp³-hybridized carbons (Fsp3) is 0.379. The predicted octanol–water partition coefficient (Wildman–Crippen LogP) is -0.0213. The average molecular weight is 580 g/mol. The summed E-state index contributed by atoms with van der Waals surface area (Å²) in [6, 6.07) is 2.12. The van der Waals surface area contributed by atoms with Crippen molar-refractivity contribution in [2.45, 2.75) is 31.0 Å². The number of rotatable bonds is 6. The number of amides is 2. The molecule has 13 nitrogen and oxygen atoms in total. The van der Waals surface area contributed by atoms with Gasteiger partial charge in [0.25, 0.3) is 5.91 Å². The number of primary amides is 2. The number of aromatic hydroxyl groups is 1. The molecule has 1 aromatic carbocycles. The topological polar surface area (TPSA) is 213 Å². The number of carbonyl (C=O) groups is 4. The van der Waals surface area contributed by atoms with Gasteiger partial charge in [0.2, 0.25) is 11.7 Å². The van der Waals surface area contributed by atoms with Crippen molar-refractivity contribution in [2.75, 3.05) is 33.1 Å². The first-order chi connectivity index (χ1) is 19.6. The molecule has 222 valence electrons. The predicted molar refractivity (Wildman–Crippen MR) is 151 cm³/mol. The minimum absolute atomic E-state index is 0.000402. The average Bonchev–Trinajstić information content (AvgIpc) is 3.36. The molecule has 0 spiro atoms. The molecule has 3 aliphatic carbocycles. The van der Waals surface area contributed by atoms with Gasteiger partial charge in [0.15, 0.2) is 11.4 Å². The van der Waals surface area contributed by atoms with Crippen LogP contribution in [0.3, 0.4) is 0 Å². The highest BCUT2D eigenvalue weighted by atomic mass is 16.3. The van der Waals surface area contributed by atoms with E-state index in [1.54, 1.807) is 49.9 Å². The van der Waals surface area contributed by atoms with Gasteiger partial charge in [-0.25, -0.2) is 0 Å². The number of aliphatic hydroxyl groups is 3. The summed E-state index contributed by atoms with van der Waals surface area (Å²) in [5, 5.41) is 45.8. The van der Waals surface area contributed by atoms with Crippen LogP contribution >= 0.6 is 0 Å². The third-order valence-corrected chi connectivity index (χ3v) is 8.65. The minimum atomic E-state index is -2.71. The van der Waals surface area contributed by atoms with E-state index in [0.29, 0.717) is 16.8 Å². The smallest absolute Gasteiger partial charge is 0.255 e. The van der Waals surface area contributed by atoms with Crippen molar-refractivity contribution in [2.24, 2.45) is 23.3 Å². The van der Waals surface area contributed by atoms with Gasteiger partial charge in [0.1, 0.15) is 22.8 Å². The number of anilines is 1. The maximum absolute atomic E-state index is 14.1. The Morgan fingerprint density at radius 2 is 1.76 bits per heavy atom. The molecule has 0 unspecified atom stereocenters. The highest BCUT2D eigenvalue weighted by Gasteiger charge is 2.64. The molecule has 4 atom stereocenters. The van der Waals surface area contributed by atoms with Gasteiger partial charge in [0.05, 0.1) is 23.7 Å². The van der Waals surface area contributed by atoms with E-state index in [0.717, 1.165) is 0 Å². The Hall–Kier alpha value is -4.62. The van der Waals surface area contributed by atoms with E-state index in [2.05, 4.69) is 0 Å². The second kappa shape index (κ2) is 9.74. The maximum atomic E-state index is 14.1. The lowest BCUT2D eigenvalue weighted by molar-refractivity contribution is -0.153. The van der Waals surface area contributed by atoms with Crippen LogP contribution in [-0.4, -0.2) is 93.1 Å². The second-order valence-corrected chi connectivity index (χ2v) is 11.5. The standard InChI is InChI=1S/C29H33N5O8/c1-32(2)17-9-14(11-34-6-5-12(10-34)27(30)40)22(35)19-15(17)7-13-8-16-21(33(3)4)24(37)20(28(31)41)26(39)29(16,42)25(38)18(13)23(19)36/h5-6,9-10,13,16,21,35-36,39,42H,7-8,11H2,1-4H3,(H2,30,40)(H2,31,41)/t13-,16-,21-,29-/m0/s1. The van der Waals surface area contributed by atoms with Crippen LogP contribution in [0.4, 0.5) is 5.69 Å². The number of phenolic OH excluding ortho intramolecular Hbond substituents is 1. The summed E-state index contributed by atoms with van der Waals surface area (Å²) in [5.74, 6) is -7.63. The van der Waals surface area contributed by atoms with E-state index < -0.39 is 64.0 Å². The molecule has 0 aliphatic heterocycles. The zero-order valence-corrected chi connectivity index (χ0v) is 23.6. The number of benzene rings is 1. The van der Waals surface area contributed by atoms with Gasteiger partial charge in [0, 0.05) is 49.2 Å². The lowest BCUT2D eigenvalue weighted by Gasteiger charge is -2.50. The molecule has 0 radical (unpaired) electrons. The van der Waals surface area contributed by atoms with Gasteiger partial charge in [-0.2, -0.15) is 0 Å². The largest absolute Gasteiger partial charge is 0.508 e. The van der Waals surface area contributed by atoms with Crippen LogP contribution in [0.2, 0.25) is 0 Å². The van der Waals surface area contributed by atoms with Crippen LogP contribution in [0.5, 0.6) is 5.75 Å². The molecule has 2 aromatic rings. The number of hydrogen-bond donors (Lipinski definition) is 6. The molecule has 2 amide bonds. The maximum Gasteiger partial charge on any atom is 0.255 e. The number of aliphatic hydroxyl groups excluding tert-OH is 2.